The normalized spacial score (nSPS) is 13.1. The Hall–Kier alpha value is -13.6. The Morgan fingerprint density at radius 3 is 1.15 bits per heavy atom. The highest BCUT2D eigenvalue weighted by Crippen LogP contribution is 2.56. The molecule has 16 aromatic rings. The lowest BCUT2D eigenvalue weighted by molar-refractivity contribution is 0.590. The highest BCUT2D eigenvalue weighted by atomic mass is 15.2. The second-order valence-corrected chi connectivity index (χ2v) is 36.5. The van der Waals surface area contributed by atoms with Crippen LogP contribution < -0.4 is 62.2 Å². The van der Waals surface area contributed by atoms with Crippen LogP contribution in [0.5, 0.6) is 0 Å². The van der Waals surface area contributed by atoms with Crippen LogP contribution in [0.1, 0.15) is 101 Å². The molecule has 4 heterocycles. The van der Waals surface area contributed by atoms with Gasteiger partial charge in [0.2, 0.25) is 0 Å². The second kappa shape index (κ2) is 29.2. The summed E-state index contributed by atoms with van der Waals surface area (Å²) in [6.45, 7) is 29.7. The van der Waals surface area contributed by atoms with Gasteiger partial charge in [0.25, 0.3) is 13.4 Å². The van der Waals surface area contributed by atoms with E-state index >= 15 is 0 Å². The molecule has 0 unspecified atom stereocenters. The Morgan fingerprint density at radius 2 is 0.625 bits per heavy atom. The van der Waals surface area contributed by atoms with Gasteiger partial charge in [0.05, 0.1) is 22.7 Å². The van der Waals surface area contributed by atoms with Crippen molar-refractivity contribution in [2.24, 2.45) is 0 Å². The average molecular weight is 1550 g/mol. The van der Waals surface area contributed by atoms with Gasteiger partial charge in [-0.25, -0.2) is 0 Å². The van der Waals surface area contributed by atoms with Gasteiger partial charge in [0, 0.05) is 96.3 Å². The maximum Gasteiger partial charge on any atom is 0.252 e. The molecular weight excluding hydrogens is 1450 g/mol. The number of benzene rings is 16. The second-order valence-electron chi connectivity index (χ2n) is 36.5. The standard InChI is InChI=1S/C112H98B2N6/c1-73-44-55-86(56-45-73)117-99-63-48-75(3)66-93(99)114-94-67-76(4)49-64-100(94)118(87-57-46-74(2)47-58-87)109-106(112(11,12)13)102(72-105(117)108(109)114)116(83-35-21-16-22-36-83)88-37-29-34-79(68-88)80-50-65-101-95(69-80)113-92-40-25-28-43-98(92)119(96-41-26-23-38-90(96)77-30-17-14-18-31-77)103-70-89(71-104(107(103)113)120(101)97-42-27-24-39-91(97)78-32-19-15-20-33-78)115(84-59-51-81(52-60-84)110(5,6)7)85-61-53-82(54-62-85)111(8,9)10/h14-72H,1-13H3. The third-order valence-electron chi connectivity index (χ3n) is 25.2. The van der Waals surface area contributed by atoms with Gasteiger partial charge in [-0.2, -0.15) is 0 Å². The molecule has 0 saturated heterocycles. The van der Waals surface area contributed by atoms with Crippen LogP contribution in [0.3, 0.4) is 0 Å². The lowest BCUT2D eigenvalue weighted by atomic mass is 9.33. The number of hydrogen-bond acceptors (Lipinski definition) is 6. The Kier molecular flexibility index (Phi) is 18.3. The van der Waals surface area contributed by atoms with Crippen molar-refractivity contribution < 1.29 is 0 Å². The minimum absolute atomic E-state index is 0.0512. The Labute approximate surface area is 709 Å². The first-order chi connectivity index (χ1) is 58.1. The van der Waals surface area contributed by atoms with Gasteiger partial charge in [-0.3, -0.25) is 0 Å². The lowest BCUT2D eigenvalue weighted by Gasteiger charge is -2.48. The summed E-state index contributed by atoms with van der Waals surface area (Å²) in [7, 11) is 0. The molecule has 0 aliphatic carbocycles. The fraction of sp³-hybridized carbons (Fsp3) is 0.143. The van der Waals surface area contributed by atoms with E-state index in [1.807, 2.05) is 0 Å². The quantitative estimate of drug-likeness (QED) is 0.106. The van der Waals surface area contributed by atoms with E-state index in [1.165, 1.54) is 88.8 Å². The summed E-state index contributed by atoms with van der Waals surface area (Å²) in [6, 6.07) is 136. The SMILES string of the molecule is Cc1ccc(N2c3ccc(C)cc3B3c4cc(C)ccc4N(c4ccc(C)cc4)c4c3c2cc(N(c2ccccc2)c2cccc(-c3ccc5c(c3)B3c6ccccc6N(c6ccccc6-c6ccccc6)c6cc(N(c7ccc(C(C)(C)C)cc7)c7ccc(C(C)(C)C)cc7)cc(c63)N5c3ccccc3-c3ccccc3)c2)c4C(C)(C)C)cc1. The molecule has 20 rings (SSSR count). The van der Waals surface area contributed by atoms with E-state index in [0.29, 0.717) is 0 Å². The van der Waals surface area contributed by atoms with Crippen LogP contribution in [0.15, 0.2) is 358 Å². The van der Waals surface area contributed by atoms with E-state index in [-0.39, 0.29) is 24.3 Å². The zero-order valence-electron chi connectivity index (χ0n) is 70.9. The first-order valence-electron chi connectivity index (χ1n) is 42.5. The molecule has 120 heavy (non-hydrogen) atoms. The summed E-state index contributed by atoms with van der Waals surface area (Å²) in [5.74, 6) is 0. The van der Waals surface area contributed by atoms with Crippen LogP contribution in [-0.2, 0) is 16.2 Å². The minimum atomic E-state index is -0.426. The van der Waals surface area contributed by atoms with Crippen molar-refractivity contribution in [3.05, 3.63) is 397 Å². The molecule has 0 aromatic heterocycles. The van der Waals surface area contributed by atoms with E-state index in [0.717, 1.165) is 119 Å². The van der Waals surface area contributed by atoms with Gasteiger partial charge in [0.1, 0.15) is 0 Å². The van der Waals surface area contributed by atoms with E-state index in [2.05, 4.69) is 477 Å². The van der Waals surface area contributed by atoms with Gasteiger partial charge in [-0.1, -0.05) is 315 Å². The molecule has 0 amide bonds. The Balaban J connectivity index is 0.845. The van der Waals surface area contributed by atoms with E-state index < -0.39 is 5.41 Å². The van der Waals surface area contributed by atoms with Gasteiger partial charge in [-0.05, 0) is 237 Å². The number of fused-ring (bicyclic) bond motifs is 8. The maximum atomic E-state index is 2.62. The van der Waals surface area contributed by atoms with Gasteiger partial charge in [-0.15, -0.1) is 0 Å². The van der Waals surface area contributed by atoms with Crippen molar-refractivity contribution >= 4 is 149 Å². The largest absolute Gasteiger partial charge is 0.311 e. The predicted molar refractivity (Wildman–Crippen MR) is 515 cm³/mol. The van der Waals surface area contributed by atoms with Crippen LogP contribution in [0.4, 0.5) is 102 Å². The summed E-state index contributed by atoms with van der Waals surface area (Å²) in [4.78, 5) is 15.5. The molecule has 0 bridgehead atoms. The number of anilines is 18. The van der Waals surface area contributed by atoms with Crippen LogP contribution in [0, 0.1) is 27.7 Å². The monoisotopic (exact) mass is 1550 g/mol. The number of hydrogen-bond donors (Lipinski definition) is 0. The minimum Gasteiger partial charge on any atom is -0.311 e. The van der Waals surface area contributed by atoms with E-state index in [9.17, 15) is 0 Å². The number of aryl methyl sites for hydroxylation is 4. The molecule has 6 nitrogen and oxygen atoms in total. The molecule has 8 heteroatoms. The molecule has 0 atom stereocenters. The van der Waals surface area contributed by atoms with Crippen molar-refractivity contribution in [1.82, 2.24) is 0 Å². The van der Waals surface area contributed by atoms with Crippen LogP contribution in [-0.4, -0.2) is 13.4 Å². The molecule has 0 radical (unpaired) electrons. The highest BCUT2D eigenvalue weighted by Gasteiger charge is 2.49. The molecule has 582 valence electrons. The Bertz CT molecular complexity index is 6570. The third-order valence-corrected chi connectivity index (χ3v) is 25.2. The van der Waals surface area contributed by atoms with Crippen molar-refractivity contribution in [1.29, 1.82) is 0 Å². The predicted octanol–water partition coefficient (Wildman–Crippen LogP) is 26.9. The molecule has 0 N–H and O–H groups in total. The lowest BCUT2D eigenvalue weighted by Crippen LogP contribution is -2.62. The van der Waals surface area contributed by atoms with E-state index in [1.54, 1.807) is 0 Å². The number of nitrogens with zero attached hydrogens (tertiary/aromatic N) is 6. The molecule has 0 fully saturated rings. The fourth-order valence-corrected chi connectivity index (χ4v) is 19.5. The summed E-state index contributed by atoms with van der Waals surface area (Å²) in [6.07, 6.45) is 0. The summed E-state index contributed by atoms with van der Waals surface area (Å²) in [5, 5.41) is 0. The van der Waals surface area contributed by atoms with Crippen LogP contribution in [0.2, 0.25) is 0 Å². The third kappa shape index (κ3) is 12.9. The topological polar surface area (TPSA) is 19.4 Å². The van der Waals surface area contributed by atoms with Crippen molar-refractivity contribution in [3.63, 3.8) is 0 Å². The average Bonchev–Trinajstić information content (AvgIpc) is 0.686. The molecule has 16 aromatic carbocycles. The van der Waals surface area contributed by atoms with Crippen LogP contribution >= 0.6 is 0 Å². The van der Waals surface area contributed by atoms with Gasteiger partial charge < -0.3 is 29.4 Å². The molecule has 0 spiro atoms. The summed E-state index contributed by atoms with van der Waals surface area (Å²) >= 11 is 0. The maximum absolute atomic E-state index is 2.62. The van der Waals surface area contributed by atoms with E-state index in [4.69, 9.17) is 0 Å². The number of rotatable bonds is 13. The molecule has 4 aliphatic heterocycles. The number of para-hydroxylation sites is 4. The zero-order chi connectivity index (χ0) is 82.2. The Morgan fingerprint density at radius 1 is 0.233 bits per heavy atom. The van der Waals surface area contributed by atoms with Crippen LogP contribution in [0.25, 0.3) is 33.4 Å². The molecule has 4 aliphatic rings. The fourth-order valence-electron chi connectivity index (χ4n) is 19.5. The highest BCUT2D eigenvalue weighted by molar-refractivity contribution is 7.01. The van der Waals surface area contributed by atoms with Gasteiger partial charge >= 0.3 is 0 Å². The summed E-state index contributed by atoms with van der Waals surface area (Å²) < 4.78 is 0. The first-order valence-corrected chi connectivity index (χ1v) is 42.5. The van der Waals surface area contributed by atoms with Crippen molar-refractivity contribution in [3.8, 4) is 33.4 Å². The van der Waals surface area contributed by atoms with Crippen molar-refractivity contribution in [2.45, 2.75) is 106 Å². The zero-order valence-corrected chi connectivity index (χ0v) is 70.9. The smallest absolute Gasteiger partial charge is 0.252 e. The van der Waals surface area contributed by atoms with Crippen molar-refractivity contribution in [2.75, 3.05) is 29.4 Å². The first kappa shape index (κ1) is 75.2. The summed E-state index contributed by atoms with van der Waals surface area (Å²) in [5.41, 5.74) is 42.7. The van der Waals surface area contributed by atoms with Gasteiger partial charge in [0.15, 0.2) is 0 Å². The molecule has 0 saturated carbocycles. The molecular formula is C112H98B2N6.